The van der Waals surface area contributed by atoms with Crippen molar-refractivity contribution in [3.05, 3.63) is 22.4 Å². The van der Waals surface area contributed by atoms with Gasteiger partial charge < -0.3 is 10.6 Å². The molecule has 1 atom stereocenters. The van der Waals surface area contributed by atoms with Gasteiger partial charge in [0.25, 0.3) is 0 Å². The van der Waals surface area contributed by atoms with Crippen LogP contribution in [0.1, 0.15) is 32.4 Å². The Morgan fingerprint density at radius 3 is 2.57 bits per heavy atom. The lowest BCUT2D eigenvalue weighted by Crippen LogP contribution is -2.40. The predicted molar refractivity (Wildman–Crippen MR) is 59.5 cm³/mol. The summed E-state index contributed by atoms with van der Waals surface area (Å²) in [5, 5.41) is 9.71. The molecule has 78 valence electrons. The highest BCUT2D eigenvalue weighted by Gasteiger charge is 2.09. The normalized spacial score (nSPS) is 12.6. The van der Waals surface area contributed by atoms with Crippen LogP contribution in [0.3, 0.4) is 0 Å². The van der Waals surface area contributed by atoms with Crippen LogP contribution in [0.5, 0.6) is 0 Å². The third-order valence-corrected chi connectivity index (χ3v) is 2.51. The summed E-state index contributed by atoms with van der Waals surface area (Å²) in [5.74, 6) is 0. The van der Waals surface area contributed by atoms with Crippen molar-refractivity contribution in [3.63, 3.8) is 0 Å². The van der Waals surface area contributed by atoms with Gasteiger partial charge in [0.15, 0.2) is 0 Å². The molecule has 0 spiro atoms. The first-order valence-electron chi connectivity index (χ1n) is 4.68. The topological polar surface area (TPSA) is 41.1 Å². The van der Waals surface area contributed by atoms with Gasteiger partial charge in [-0.25, -0.2) is 4.79 Å². The van der Waals surface area contributed by atoms with E-state index in [0.717, 1.165) is 5.56 Å². The molecule has 0 aliphatic carbocycles. The van der Waals surface area contributed by atoms with Gasteiger partial charge in [0.2, 0.25) is 0 Å². The van der Waals surface area contributed by atoms with Gasteiger partial charge in [0.05, 0.1) is 6.04 Å². The minimum atomic E-state index is -0.112. The van der Waals surface area contributed by atoms with Crippen molar-refractivity contribution in [2.45, 2.75) is 32.9 Å². The summed E-state index contributed by atoms with van der Waals surface area (Å²) in [6.07, 6.45) is 0. The molecule has 0 saturated carbocycles. The van der Waals surface area contributed by atoms with E-state index in [1.54, 1.807) is 11.3 Å². The highest BCUT2D eigenvalue weighted by molar-refractivity contribution is 7.07. The molecule has 1 heterocycles. The Labute approximate surface area is 88.5 Å². The van der Waals surface area contributed by atoms with Crippen molar-refractivity contribution in [1.29, 1.82) is 0 Å². The van der Waals surface area contributed by atoms with Crippen LogP contribution in [0.15, 0.2) is 16.8 Å². The first-order chi connectivity index (χ1) is 6.59. The third kappa shape index (κ3) is 3.38. The molecule has 0 bridgehead atoms. The van der Waals surface area contributed by atoms with Crippen LogP contribution in [0.25, 0.3) is 0 Å². The van der Waals surface area contributed by atoms with E-state index in [2.05, 4.69) is 10.6 Å². The van der Waals surface area contributed by atoms with Crippen molar-refractivity contribution >= 4 is 17.4 Å². The van der Waals surface area contributed by atoms with Gasteiger partial charge in [-0.2, -0.15) is 11.3 Å². The molecule has 1 unspecified atom stereocenters. The number of thiophene rings is 1. The highest BCUT2D eigenvalue weighted by Crippen LogP contribution is 2.14. The fourth-order valence-corrected chi connectivity index (χ4v) is 1.86. The second kappa shape index (κ2) is 5.00. The summed E-state index contributed by atoms with van der Waals surface area (Å²) in [7, 11) is 0. The summed E-state index contributed by atoms with van der Waals surface area (Å²) < 4.78 is 0. The third-order valence-electron chi connectivity index (χ3n) is 1.81. The molecule has 1 rings (SSSR count). The smallest absolute Gasteiger partial charge is 0.315 e. The second-order valence-corrected chi connectivity index (χ2v) is 4.33. The zero-order chi connectivity index (χ0) is 10.6. The Kier molecular flexibility index (Phi) is 3.95. The fourth-order valence-electron chi connectivity index (χ4n) is 1.11. The van der Waals surface area contributed by atoms with Crippen molar-refractivity contribution in [1.82, 2.24) is 10.6 Å². The molecule has 0 aliphatic heterocycles. The average Bonchev–Trinajstić information content (AvgIpc) is 2.53. The number of urea groups is 1. The molecule has 0 aliphatic rings. The van der Waals surface area contributed by atoms with E-state index >= 15 is 0 Å². The predicted octanol–water partition coefficient (Wildman–Crippen LogP) is 2.52. The number of carbonyl (C=O) groups is 1. The molecule has 14 heavy (non-hydrogen) atoms. The number of hydrogen-bond donors (Lipinski definition) is 2. The Balaban J connectivity index is 2.41. The minimum absolute atomic E-state index is 0.0694. The van der Waals surface area contributed by atoms with Gasteiger partial charge in [-0.3, -0.25) is 0 Å². The summed E-state index contributed by atoms with van der Waals surface area (Å²) in [4.78, 5) is 11.3. The fraction of sp³-hybridized carbons (Fsp3) is 0.500. The molecule has 0 radical (unpaired) electrons. The minimum Gasteiger partial charge on any atom is -0.336 e. The summed E-state index contributed by atoms with van der Waals surface area (Å²) >= 11 is 1.64. The maximum atomic E-state index is 11.3. The van der Waals surface area contributed by atoms with E-state index in [-0.39, 0.29) is 18.1 Å². The van der Waals surface area contributed by atoms with E-state index < -0.39 is 0 Å². The van der Waals surface area contributed by atoms with Crippen LogP contribution in [0.2, 0.25) is 0 Å². The lowest BCUT2D eigenvalue weighted by Gasteiger charge is -2.15. The molecule has 0 fully saturated rings. The first kappa shape index (κ1) is 11.0. The Morgan fingerprint density at radius 1 is 1.36 bits per heavy atom. The molecule has 0 saturated heterocycles. The van der Waals surface area contributed by atoms with Crippen LogP contribution < -0.4 is 10.6 Å². The second-order valence-electron chi connectivity index (χ2n) is 3.55. The van der Waals surface area contributed by atoms with Crippen LogP contribution in [0, 0.1) is 0 Å². The standard InChI is InChI=1S/C10H16N2OS/c1-7(2)11-10(13)12-8(3)9-4-5-14-6-9/h4-8H,1-3H3,(H2,11,12,13). The lowest BCUT2D eigenvalue weighted by molar-refractivity contribution is 0.235. The van der Waals surface area contributed by atoms with Gasteiger partial charge >= 0.3 is 6.03 Å². The molecule has 2 amide bonds. The molecule has 0 aromatic carbocycles. The maximum absolute atomic E-state index is 11.3. The number of hydrogen-bond acceptors (Lipinski definition) is 2. The quantitative estimate of drug-likeness (QED) is 0.794. The van der Waals surface area contributed by atoms with E-state index in [9.17, 15) is 4.79 Å². The van der Waals surface area contributed by atoms with Gasteiger partial charge in [-0.05, 0) is 43.2 Å². The molecule has 2 N–H and O–H groups in total. The number of nitrogens with one attached hydrogen (secondary N) is 2. The zero-order valence-corrected chi connectivity index (χ0v) is 9.52. The van der Waals surface area contributed by atoms with Crippen molar-refractivity contribution in [2.75, 3.05) is 0 Å². The number of amides is 2. The molecular weight excluding hydrogens is 196 g/mol. The van der Waals surface area contributed by atoms with Crippen molar-refractivity contribution in [2.24, 2.45) is 0 Å². The van der Waals surface area contributed by atoms with Gasteiger partial charge in [-0.1, -0.05) is 0 Å². The zero-order valence-electron chi connectivity index (χ0n) is 8.70. The average molecular weight is 212 g/mol. The molecule has 4 heteroatoms. The Bertz CT molecular complexity index is 282. The number of rotatable bonds is 3. The summed E-state index contributed by atoms with van der Waals surface area (Å²) in [6, 6.07) is 2.15. The number of carbonyl (C=O) groups excluding carboxylic acids is 1. The van der Waals surface area contributed by atoms with Crippen LogP contribution in [0.4, 0.5) is 4.79 Å². The highest BCUT2D eigenvalue weighted by atomic mass is 32.1. The van der Waals surface area contributed by atoms with E-state index in [1.807, 2.05) is 37.6 Å². The van der Waals surface area contributed by atoms with Gasteiger partial charge in [0, 0.05) is 6.04 Å². The molecule has 1 aromatic rings. The van der Waals surface area contributed by atoms with E-state index in [1.165, 1.54) is 0 Å². The Morgan fingerprint density at radius 2 is 2.07 bits per heavy atom. The lowest BCUT2D eigenvalue weighted by atomic mass is 10.2. The van der Waals surface area contributed by atoms with Crippen molar-refractivity contribution < 1.29 is 4.79 Å². The maximum Gasteiger partial charge on any atom is 0.315 e. The molecule has 3 nitrogen and oxygen atoms in total. The van der Waals surface area contributed by atoms with Crippen molar-refractivity contribution in [3.8, 4) is 0 Å². The molecular formula is C10H16N2OS. The van der Waals surface area contributed by atoms with Gasteiger partial charge in [-0.15, -0.1) is 0 Å². The SMILES string of the molecule is CC(C)NC(=O)NC(C)c1ccsc1. The van der Waals surface area contributed by atoms with Crippen LogP contribution >= 0.6 is 11.3 Å². The van der Waals surface area contributed by atoms with Gasteiger partial charge in [0.1, 0.15) is 0 Å². The van der Waals surface area contributed by atoms with E-state index in [0.29, 0.717) is 0 Å². The Hall–Kier alpha value is -1.03. The van der Waals surface area contributed by atoms with Crippen LogP contribution in [-0.2, 0) is 0 Å². The molecule has 1 aromatic heterocycles. The summed E-state index contributed by atoms with van der Waals surface area (Å²) in [6.45, 7) is 5.85. The van der Waals surface area contributed by atoms with E-state index in [4.69, 9.17) is 0 Å². The largest absolute Gasteiger partial charge is 0.336 e. The first-order valence-corrected chi connectivity index (χ1v) is 5.63. The summed E-state index contributed by atoms with van der Waals surface area (Å²) in [5.41, 5.74) is 1.15. The monoisotopic (exact) mass is 212 g/mol. The van der Waals surface area contributed by atoms with Crippen LogP contribution in [-0.4, -0.2) is 12.1 Å².